The highest BCUT2D eigenvalue weighted by Gasteiger charge is 2.31. The molecule has 5 N–H and O–H groups in total. The lowest BCUT2D eigenvalue weighted by Crippen LogP contribution is -2.20. The van der Waals surface area contributed by atoms with Crippen LogP contribution in [-0.4, -0.2) is 34.0 Å². The van der Waals surface area contributed by atoms with E-state index in [1.54, 1.807) is 24.3 Å². The molecule has 0 aliphatic rings. The minimum atomic E-state index is -4.69. The summed E-state index contributed by atoms with van der Waals surface area (Å²) in [6.45, 7) is 0. The Morgan fingerprint density at radius 2 is 1.82 bits per heavy atom. The van der Waals surface area contributed by atoms with Crippen molar-refractivity contribution in [2.45, 2.75) is 6.18 Å². The molecule has 200 valence electrons. The van der Waals surface area contributed by atoms with Gasteiger partial charge in [-0.1, -0.05) is 0 Å². The molecule has 0 aliphatic heterocycles. The van der Waals surface area contributed by atoms with Crippen LogP contribution in [0.5, 0.6) is 0 Å². The van der Waals surface area contributed by atoms with Crippen LogP contribution in [0.2, 0.25) is 0 Å². The van der Waals surface area contributed by atoms with Crippen LogP contribution < -0.4 is 16.4 Å². The molecule has 38 heavy (non-hydrogen) atoms. The number of rotatable bonds is 4. The summed E-state index contributed by atoms with van der Waals surface area (Å²) in [5.74, 6) is -1.46. The fourth-order valence-electron chi connectivity index (χ4n) is 3.41. The number of carbonyl (C=O) groups excluding carboxylic acids is 2. The molecule has 2 aromatic heterocycles. The number of fused-ring (bicyclic) bond motifs is 1. The molecule has 0 spiro atoms. The number of nitrogens with one attached hydrogen (secondary N) is 2. The van der Waals surface area contributed by atoms with Crippen LogP contribution >= 0.6 is 11.3 Å². The van der Waals surface area contributed by atoms with Gasteiger partial charge in [-0.25, -0.2) is 14.2 Å². The summed E-state index contributed by atoms with van der Waals surface area (Å²) in [6, 6.07) is 8.97. The summed E-state index contributed by atoms with van der Waals surface area (Å²) in [5, 5.41) is 5.24. The van der Waals surface area contributed by atoms with Crippen LogP contribution in [0.15, 0.2) is 59.1 Å². The molecule has 0 bridgehead atoms. The second-order valence-electron chi connectivity index (χ2n) is 8.53. The van der Waals surface area contributed by atoms with E-state index in [0.717, 1.165) is 4.70 Å². The number of pyridine rings is 1. The fourth-order valence-corrected chi connectivity index (χ4v) is 5.03. The smallest absolute Gasteiger partial charge is 0.383 e. The van der Waals surface area contributed by atoms with Gasteiger partial charge in [-0.3, -0.25) is 4.79 Å². The molecular formula is C24H21F4N5O3S2. The molecule has 8 nitrogen and oxygen atoms in total. The van der Waals surface area contributed by atoms with E-state index in [9.17, 15) is 31.7 Å². The monoisotopic (exact) mass is 567 g/mol. The molecule has 2 aromatic carbocycles. The van der Waals surface area contributed by atoms with E-state index in [1.807, 2.05) is 0 Å². The third kappa shape index (κ3) is 6.33. The number of alkyl halides is 3. The van der Waals surface area contributed by atoms with Crippen LogP contribution in [0, 0.1) is 5.82 Å². The predicted molar refractivity (Wildman–Crippen MR) is 144 cm³/mol. The first-order chi connectivity index (χ1) is 17.7. The summed E-state index contributed by atoms with van der Waals surface area (Å²) < 4.78 is 67.2. The maximum atomic E-state index is 14.0. The highest BCUT2D eigenvalue weighted by molar-refractivity contribution is 7.98. The summed E-state index contributed by atoms with van der Waals surface area (Å²) in [7, 11) is -2.70. The highest BCUT2D eigenvalue weighted by atomic mass is 32.3. The molecule has 4 rings (SSSR count). The topological polar surface area (TPSA) is 130 Å². The van der Waals surface area contributed by atoms with E-state index in [4.69, 9.17) is 5.73 Å². The van der Waals surface area contributed by atoms with Crippen LogP contribution in [0.25, 0.3) is 20.5 Å². The number of hydrogen-bond acceptors (Lipinski definition) is 5. The van der Waals surface area contributed by atoms with Crippen LogP contribution in [0.1, 0.15) is 15.9 Å². The van der Waals surface area contributed by atoms with Crippen molar-refractivity contribution >= 4 is 60.7 Å². The maximum absolute atomic E-state index is 14.0. The molecule has 0 atom stereocenters. The van der Waals surface area contributed by atoms with Crippen LogP contribution in [0.3, 0.4) is 0 Å². The number of thiol groups is 1. The molecule has 0 saturated carbocycles. The van der Waals surface area contributed by atoms with Crippen LogP contribution in [-0.2, 0) is 16.3 Å². The average Bonchev–Trinajstić information content (AvgIpc) is 3.22. The number of carbonyl (C=O) groups is 2. The van der Waals surface area contributed by atoms with Crippen molar-refractivity contribution in [3.63, 3.8) is 0 Å². The van der Waals surface area contributed by atoms with Crippen molar-refractivity contribution in [1.82, 2.24) is 4.98 Å². The SMILES string of the molecule is C[SH](C)(O)=NC(=O)c1cnc(N)c(-c2cc3cc(NC(=O)Nc4cc(C(F)(F)F)ccc4F)ccc3s2)c1. The first-order valence-electron chi connectivity index (χ1n) is 10.8. The Hall–Kier alpha value is -3.88. The standard InChI is InChI=1S/C24H21F4N5O3S2/c1-38(2,36)33-22(34)13-8-16(21(29)30-11-13)20-9-12-7-15(4-6-19(12)37-20)31-23(35)32-18-10-14(24(26,27)28)3-5-17(18)25/h3-11,38H,1-2H3,(H2,29,30)(H2,31,32,35)(H,33,34,36). The summed E-state index contributed by atoms with van der Waals surface area (Å²) in [5.41, 5.74) is 5.26. The lowest BCUT2D eigenvalue weighted by Gasteiger charge is -2.12. The van der Waals surface area contributed by atoms with Gasteiger partial charge in [0.15, 0.2) is 0 Å². The third-order valence-corrected chi connectivity index (χ3v) is 6.90. The zero-order chi connectivity index (χ0) is 27.8. The van der Waals surface area contributed by atoms with E-state index in [-0.39, 0.29) is 11.4 Å². The van der Waals surface area contributed by atoms with Crippen molar-refractivity contribution in [3.05, 3.63) is 71.7 Å². The number of halogens is 4. The first-order valence-corrected chi connectivity index (χ1v) is 14.2. The molecule has 0 unspecified atom stereocenters. The number of nitrogens with two attached hydrogens (primary N) is 1. The van der Waals surface area contributed by atoms with Gasteiger partial charge in [-0.05, 0) is 66.4 Å². The zero-order valence-corrected chi connectivity index (χ0v) is 21.5. The molecule has 0 radical (unpaired) electrons. The van der Waals surface area contributed by atoms with Crippen molar-refractivity contribution in [1.29, 1.82) is 0 Å². The third-order valence-electron chi connectivity index (χ3n) is 5.08. The minimum absolute atomic E-state index is 0.162. The molecule has 0 saturated heterocycles. The number of nitrogen functional groups attached to an aromatic ring is 1. The predicted octanol–water partition coefficient (Wildman–Crippen LogP) is 6.29. The van der Waals surface area contributed by atoms with Crippen molar-refractivity contribution in [2.75, 3.05) is 28.9 Å². The van der Waals surface area contributed by atoms with Gasteiger partial charge in [-0.15, -0.1) is 21.4 Å². The Morgan fingerprint density at radius 3 is 2.50 bits per heavy atom. The highest BCUT2D eigenvalue weighted by Crippen LogP contribution is 2.37. The fraction of sp³-hybridized carbons (Fsp3) is 0.125. The van der Waals surface area contributed by atoms with Crippen molar-refractivity contribution in [2.24, 2.45) is 4.36 Å². The van der Waals surface area contributed by atoms with E-state index in [1.165, 1.54) is 36.1 Å². The number of hydrogen-bond donors (Lipinski definition) is 5. The van der Waals surface area contributed by atoms with Gasteiger partial charge in [0.2, 0.25) is 0 Å². The summed E-state index contributed by atoms with van der Waals surface area (Å²) >= 11 is 1.35. The molecule has 0 fully saturated rings. The number of anilines is 3. The second-order valence-corrected chi connectivity index (χ2v) is 12.5. The summed E-state index contributed by atoms with van der Waals surface area (Å²) in [6.07, 6.45) is -0.462. The lowest BCUT2D eigenvalue weighted by molar-refractivity contribution is -0.137. The van der Waals surface area contributed by atoms with Gasteiger partial charge < -0.3 is 20.9 Å². The minimum Gasteiger partial charge on any atom is -0.383 e. The van der Waals surface area contributed by atoms with E-state index >= 15 is 0 Å². The zero-order valence-electron chi connectivity index (χ0n) is 19.8. The van der Waals surface area contributed by atoms with Crippen LogP contribution in [0.4, 0.5) is 39.5 Å². The van der Waals surface area contributed by atoms with Gasteiger partial charge in [0, 0.05) is 27.0 Å². The maximum Gasteiger partial charge on any atom is 0.416 e. The van der Waals surface area contributed by atoms with E-state index in [0.29, 0.717) is 39.7 Å². The molecule has 0 aliphatic carbocycles. The van der Waals surface area contributed by atoms with E-state index in [2.05, 4.69) is 20.0 Å². The van der Waals surface area contributed by atoms with Gasteiger partial charge >= 0.3 is 12.2 Å². The molecule has 3 amide bonds. The number of urea groups is 1. The van der Waals surface area contributed by atoms with Gasteiger partial charge in [0.1, 0.15) is 11.6 Å². The van der Waals surface area contributed by atoms with E-state index < -0.39 is 45.3 Å². The van der Waals surface area contributed by atoms with Gasteiger partial charge in [0.25, 0.3) is 5.91 Å². The van der Waals surface area contributed by atoms with Gasteiger partial charge in [0.05, 0.1) is 16.8 Å². The van der Waals surface area contributed by atoms with Crippen molar-refractivity contribution in [3.8, 4) is 10.4 Å². The Morgan fingerprint density at radius 1 is 1.08 bits per heavy atom. The van der Waals surface area contributed by atoms with Crippen molar-refractivity contribution < 1.29 is 31.7 Å². The molecule has 14 heteroatoms. The largest absolute Gasteiger partial charge is 0.416 e. The normalized spacial score (nSPS) is 12.3. The number of thiophene rings is 1. The number of amides is 3. The second kappa shape index (κ2) is 10.1. The number of benzene rings is 2. The quantitative estimate of drug-likeness (QED) is 0.146. The average molecular weight is 568 g/mol. The summed E-state index contributed by atoms with van der Waals surface area (Å²) in [4.78, 5) is 29.5. The first kappa shape index (κ1) is 27.2. The number of nitrogens with zero attached hydrogens (tertiary/aromatic N) is 2. The lowest BCUT2D eigenvalue weighted by atomic mass is 10.1. The Balaban J connectivity index is 1.57. The molecule has 4 aromatic rings. The van der Waals surface area contributed by atoms with Gasteiger partial charge in [-0.2, -0.15) is 17.5 Å². The Bertz CT molecular complexity index is 1620. The Kier molecular flexibility index (Phi) is 7.23. The molecular weight excluding hydrogens is 546 g/mol. The Labute approximate surface area is 218 Å². The molecule has 2 heterocycles. The number of aromatic nitrogens is 1.